The molecule has 1 aromatic heterocycles. The Morgan fingerprint density at radius 3 is 2.25 bits per heavy atom. The lowest BCUT2D eigenvalue weighted by atomic mass is 9.91. The summed E-state index contributed by atoms with van der Waals surface area (Å²) in [6, 6.07) is 2.07. The standard InChI is InChI=1S/C9H13BrN2/c1-6-5-7(9(2,3)4)11-12-8(6)10/h5H,1-4H3. The molecule has 0 saturated heterocycles. The quantitative estimate of drug-likeness (QED) is 0.683. The number of aromatic nitrogens is 2. The van der Waals surface area contributed by atoms with Crippen LogP contribution in [0.5, 0.6) is 0 Å². The van der Waals surface area contributed by atoms with E-state index in [1.54, 1.807) is 0 Å². The third-order valence-corrected chi connectivity index (χ3v) is 2.48. The van der Waals surface area contributed by atoms with E-state index < -0.39 is 0 Å². The van der Waals surface area contributed by atoms with Crippen LogP contribution < -0.4 is 0 Å². The SMILES string of the molecule is Cc1cc(C(C)(C)C)nnc1Br. The van der Waals surface area contributed by atoms with Crippen LogP contribution in [0.2, 0.25) is 0 Å². The van der Waals surface area contributed by atoms with E-state index in [0.29, 0.717) is 0 Å². The van der Waals surface area contributed by atoms with Gasteiger partial charge in [0.15, 0.2) is 0 Å². The zero-order valence-electron chi connectivity index (χ0n) is 7.85. The van der Waals surface area contributed by atoms with Crippen molar-refractivity contribution in [2.24, 2.45) is 0 Å². The number of hydrogen-bond acceptors (Lipinski definition) is 2. The van der Waals surface area contributed by atoms with Crippen molar-refractivity contribution in [1.82, 2.24) is 10.2 Å². The molecule has 2 nitrogen and oxygen atoms in total. The lowest BCUT2D eigenvalue weighted by Crippen LogP contribution is -2.14. The van der Waals surface area contributed by atoms with Gasteiger partial charge in [0.25, 0.3) is 0 Å². The highest BCUT2D eigenvalue weighted by Crippen LogP contribution is 2.22. The van der Waals surface area contributed by atoms with Gasteiger partial charge >= 0.3 is 0 Å². The summed E-state index contributed by atoms with van der Waals surface area (Å²) in [5.41, 5.74) is 2.25. The van der Waals surface area contributed by atoms with Crippen molar-refractivity contribution in [3.05, 3.63) is 21.9 Å². The molecule has 0 atom stereocenters. The van der Waals surface area contributed by atoms with Gasteiger partial charge in [-0.15, -0.1) is 5.10 Å². The highest BCUT2D eigenvalue weighted by molar-refractivity contribution is 9.10. The van der Waals surface area contributed by atoms with Gasteiger partial charge in [-0.3, -0.25) is 0 Å². The van der Waals surface area contributed by atoms with Gasteiger partial charge in [-0.2, -0.15) is 5.10 Å². The van der Waals surface area contributed by atoms with Crippen LogP contribution in [-0.4, -0.2) is 10.2 Å². The number of nitrogens with zero attached hydrogens (tertiary/aromatic N) is 2. The fourth-order valence-corrected chi connectivity index (χ4v) is 1.03. The van der Waals surface area contributed by atoms with Crippen LogP contribution in [-0.2, 0) is 5.41 Å². The molecular weight excluding hydrogens is 216 g/mol. The zero-order valence-corrected chi connectivity index (χ0v) is 9.44. The highest BCUT2D eigenvalue weighted by atomic mass is 79.9. The lowest BCUT2D eigenvalue weighted by Gasteiger charge is -2.17. The van der Waals surface area contributed by atoms with Gasteiger partial charge in [-0.05, 0) is 34.5 Å². The fraction of sp³-hybridized carbons (Fsp3) is 0.556. The van der Waals surface area contributed by atoms with E-state index in [9.17, 15) is 0 Å². The molecule has 0 aliphatic rings. The summed E-state index contributed by atoms with van der Waals surface area (Å²) >= 11 is 3.32. The zero-order chi connectivity index (χ0) is 9.35. The summed E-state index contributed by atoms with van der Waals surface area (Å²) < 4.78 is 0.829. The second-order valence-electron chi connectivity index (χ2n) is 3.95. The molecule has 0 amide bonds. The minimum atomic E-state index is 0.0818. The average molecular weight is 229 g/mol. The van der Waals surface area contributed by atoms with Crippen molar-refractivity contribution < 1.29 is 0 Å². The van der Waals surface area contributed by atoms with Gasteiger partial charge in [0.1, 0.15) is 4.60 Å². The van der Waals surface area contributed by atoms with Crippen molar-refractivity contribution in [1.29, 1.82) is 0 Å². The lowest BCUT2D eigenvalue weighted by molar-refractivity contribution is 0.556. The molecule has 0 saturated carbocycles. The molecule has 0 aromatic carbocycles. The maximum absolute atomic E-state index is 4.11. The van der Waals surface area contributed by atoms with Crippen LogP contribution in [0.4, 0.5) is 0 Å². The molecule has 1 rings (SSSR count). The molecule has 0 N–H and O–H groups in total. The highest BCUT2D eigenvalue weighted by Gasteiger charge is 2.16. The normalized spacial score (nSPS) is 11.8. The minimum absolute atomic E-state index is 0.0818. The molecular formula is C9H13BrN2. The van der Waals surface area contributed by atoms with E-state index in [2.05, 4.69) is 53.0 Å². The molecule has 0 aliphatic heterocycles. The van der Waals surface area contributed by atoms with E-state index in [1.807, 2.05) is 6.92 Å². The van der Waals surface area contributed by atoms with E-state index in [1.165, 1.54) is 0 Å². The van der Waals surface area contributed by atoms with Gasteiger partial charge in [0.2, 0.25) is 0 Å². The summed E-state index contributed by atoms with van der Waals surface area (Å²) in [6.07, 6.45) is 0. The summed E-state index contributed by atoms with van der Waals surface area (Å²) in [6.45, 7) is 8.41. The Morgan fingerprint density at radius 1 is 1.25 bits per heavy atom. The Bertz CT molecular complexity index is 289. The molecule has 3 heteroatoms. The first-order valence-electron chi connectivity index (χ1n) is 3.91. The Labute approximate surface area is 81.5 Å². The third kappa shape index (κ3) is 2.03. The Hall–Kier alpha value is -0.440. The third-order valence-electron chi connectivity index (χ3n) is 1.69. The first kappa shape index (κ1) is 9.65. The van der Waals surface area contributed by atoms with Crippen molar-refractivity contribution in [3.63, 3.8) is 0 Å². The van der Waals surface area contributed by atoms with Crippen LogP contribution >= 0.6 is 15.9 Å². The van der Waals surface area contributed by atoms with Crippen molar-refractivity contribution >= 4 is 15.9 Å². The second-order valence-corrected chi connectivity index (χ2v) is 4.70. The molecule has 0 aliphatic carbocycles. The fourth-order valence-electron chi connectivity index (χ4n) is 0.837. The topological polar surface area (TPSA) is 25.8 Å². The van der Waals surface area contributed by atoms with E-state index in [0.717, 1.165) is 15.9 Å². The maximum atomic E-state index is 4.11. The van der Waals surface area contributed by atoms with Crippen LogP contribution in [0.3, 0.4) is 0 Å². The number of hydrogen-bond donors (Lipinski definition) is 0. The van der Waals surface area contributed by atoms with Gasteiger partial charge < -0.3 is 0 Å². The van der Waals surface area contributed by atoms with Gasteiger partial charge in [0.05, 0.1) is 5.69 Å². The molecule has 1 heterocycles. The molecule has 1 aromatic rings. The smallest absolute Gasteiger partial charge is 0.131 e. The molecule has 12 heavy (non-hydrogen) atoms. The van der Waals surface area contributed by atoms with Crippen LogP contribution in [0, 0.1) is 6.92 Å². The Kier molecular flexibility index (Phi) is 2.52. The molecule has 0 fully saturated rings. The predicted octanol–water partition coefficient (Wildman–Crippen LogP) is 2.85. The summed E-state index contributed by atoms with van der Waals surface area (Å²) in [5.74, 6) is 0. The molecule has 66 valence electrons. The van der Waals surface area contributed by atoms with E-state index >= 15 is 0 Å². The van der Waals surface area contributed by atoms with E-state index in [4.69, 9.17) is 0 Å². The Balaban J connectivity index is 3.14. The number of rotatable bonds is 0. The Morgan fingerprint density at radius 2 is 1.83 bits per heavy atom. The minimum Gasteiger partial charge on any atom is -0.154 e. The largest absolute Gasteiger partial charge is 0.154 e. The van der Waals surface area contributed by atoms with Gasteiger partial charge in [-0.1, -0.05) is 20.8 Å². The molecule has 0 unspecified atom stereocenters. The monoisotopic (exact) mass is 228 g/mol. The maximum Gasteiger partial charge on any atom is 0.131 e. The number of halogens is 1. The second kappa shape index (κ2) is 3.13. The molecule has 0 spiro atoms. The first-order valence-corrected chi connectivity index (χ1v) is 4.71. The first-order chi connectivity index (χ1) is 5.41. The van der Waals surface area contributed by atoms with Gasteiger partial charge in [-0.25, -0.2) is 0 Å². The van der Waals surface area contributed by atoms with Crippen LogP contribution in [0.15, 0.2) is 10.7 Å². The predicted molar refractivity (Wildman–Crippen MR) is 53.2 cm³/mol. The van der Waals surface area contributed by atoms with Crippen molar-refractivity contribution in [3.8, 4) is 0 Å². The van der Waals surface area contributed by atoms with Crippen molar-refractivity contribution in [2.45, 2.75) is 33.1 Å². The molecule has 0 bridgehead atoms. The van der Waals surface area contributed by atoms with E-state index in [-0.39, 0.29) is 5.41 Å². The van der Waals surface area contributed by atoms with Gasteiger partial charge in [0, 0.05) is 5.41 Å². The average Bonchev–Trinajstić information content (AvgIpc) is 1.92. The van der Waals surface area contributed by atoms with Crippen molar-refractivity contribution in [2.75, 3.05) is 0 Å². The molecule has 0 radical (unpaired) electrons. The van der Waals surface area contributed by atoms with Crippen LogP contribution in [0.25, 0.3) is 0 Å². The summed E-state index contributed by atoms with van der Waals surface area (Å²) in [5, 5.41) is 8.13. The summed E-state index contributed by atoms with van der Waals surface area (Å²) in [7, 11) is 0. The van der Waals surface area contributed by atoms with Crippen LogP contribution in [0.1, 0.15) is 32.0 Å². The number of aryl methyl sites for hydroxylation is 1. The summed E-state index contributed by atoms with van der Waals surface area (Å²) in [4.78, 5) is 0.